The molecule has 20 heavy (non-hydrogen) atoms. The number of nitrogens with one attached hydrogen (secondary N) is 1. The van der Waals surface area contributed by atoms with E-state index >= 15 is 0 Å². The highest BCUT2D eigenvalue weighted by atomic mass is 79.9. The average molecular weight is 357 g/mol. The number of hydrogen-bond acceptors (Lipinski definition) is 1. The summed E-state index contributed by atoms with van der Waals surface area (Å²) in [6.45, 7) is 1.87. The van der Waals surface area contributed by atoms with Crippen molar-refractivity contribution in [2.24, 2.45) is 0 Å². The van der Waals surface area contributed by atoms with Crippen LogP contribution in [0.5, 0.6) is 0 Å². The molecule has 1 amide bonds. The number of hydrogen-bond donors (Lipinski definition) is 1. The fraction of sp³-hybridized carbons (Fsp3) is 0.133. The van der Waals surface area contributed by atoms with E-state index in [1.54, 1.807) is 0 Å². The molecule has 1 unspecified atom stereocenters. The fourth-order valence-electron chi connectivity index (χ4n) is 1.85. The molecule has 1 atom stereocenters. The average Bonchev–Trinajstić information content (AvgIpc) is 2.38. The minimum absolute atomic E-state index is 0.0989. The molecule has 2 aromatic carbocycles. The van der Waals surface area contributed by atoms with Crippen LogP contribution in [0.1, 0.15) is 28.9 Å². The molecule has 0 fully saturated rings. The molecule has 0 aliphatic heterocycles. The number of carbonyl (C=O) groups is 1. The Morgan fingerprint density at radius 1 is 1.30 bits per heavy atom. The van der Waals surface area contributed by atoms with Crippen LogP contribution in [0.15, 0.2) is 46.9 Å². The van der Waals surface area contributed by atoms with Crippen LogP contribution in [0.2, 0.25) is 5.02 Å². The van der Waals surface area contributed by atoms with E-state index in [1.807, 2.05) is 31.2 Å². The van der Waals surface area contributed by atoms with Gasteiger partial charge in [-0.1, -0.05) is 45.7 Å². The Labute approximate surface area is 130 Å². The molecule has 0 aromatic heterocycles. The summed E-state index contributed by atoms with van der Waals surface area (Å²) in [6, 6.07) is 11.1. The monoisotopic (exact) mass is 355 g/mol. The Morgan fingerprint density at radius 2 is 2.00 bits per heavy atom. The third-order valence-electron chi connectivity index (χ3n) is 2.90. The lowest BCUT2D eigenvalue weighted by Gasteiger charge is -2.16. The maximum atomic E-state index is 13.0. The van der Waals surface area contributed by atoms with Crippen LogP contribution < -0.4 is 5.32 Å². The first-order valence-corrected chi connectivity index (χ1v) is 7.16. The van der Waals surface area contributed by atoms with Crippen LogP contribution in [0.25, 0.3) is 0 Å². The van der Waals surface area contributed by atoms with Crippen molar-refractivity contribution in [2.45, 2.75) is 13.0 Å². The number of benzene rings is 2. The minimum atomic E-state index is -0.467. The molecule has 0 saturated heterocycles. The topological polar surface area (TPSA) is 29.1 Å². The lowest BCUT2D eigenvalue weighted by molar-refractivity contribution is 0.0940. The van der Waals surface area contributed by atoms with Gasteiger partial charge in [-0.05, 0) is 36.8 Å². The fourth-order valence-corrected chi connectivity index (χ4v) is 2.73. The van der Waals surface area contributed by atoms with Gasteiger partial charge in [0.05, 0.1) is 16.6 Å². The van der Waals surface area contributed by atoms with Crippen molar-refractivity contribution in [1.29, 1.82) is 0 Å². The van der Waals surface area contributed by atoms with E-state index in [9.17, 15) is 9.18 Å². The zero-order valence-electron chi connectivity index (χ0n) is 10.7. The Morgan fingerprint density at radius 3 is 2.65 bits per heavy atom. The number of rotatable bonds is 3. The number of amides is 1. The van der Waals surface area contributed by atoms with Crippen molar-refractivity contribution in [3.05, 3.63) is 68.9 Å². The van der Waals surface area contributed by atoms with Gasteiger partial charge in [-0.15, -0.1) is 0 Å². The van der Waals surface area contributed by atoms with Gasteiger partial charge in [-0.3, -0.25) is 4.79 Å². The van der Waals surface area contributed by atoms with E-state index in [0.29, 0.717) is 0 Å². The van der Waals surface area contributed by atoms with Gasteiger partial charge in [-0.25, -0.2) is 4.39 Å². The van der Waals surface area contributed by atoms with Gasteiger partial charge >= 0.3 is 0 Å². The molecule has 0 saturated carbocycles. The van der Waals surface area contributed by atoms with E-state index in [-0.39, 0.29) is 22.5 Å². The van der Waals surface area contributed by atoms with E-state index < -0.39 is 5.82 Å². The number of halogens is 3. The molecule has 0 spiro atoms. The smallest absolute Gasteiger partial charge is 0.253 e. The van der Waals surface area contributed by atoms with Crippen LogP contribution in [0, 0.1) is 5.82 Å². The van der Waals surface area contributed by atoms with Gasteiger partial charge in [0.1, 0.15) is 5.82 Å². The summed E-state index contributed by atoms with van der Waals surface area (Å²) in [6.07, 6.45) is 0. The van der Waals surface area contributed by atoms with E-state index in [2.05, 4.69) is 21.2 Å². The standard InChI is InChI=1S/C15H12BrClFNO/c1-9(11-4-2-3-5-13(11)16)19-15(20)12-7-6-10(18)8-14(12)17/h2-9H,1H3,(H,19,20). The molecule has 2 aromatic rings. The van der Waals surface area contributed by atoms with Crippen LogP contribution in [0.4, 0.5) is 4.39 Å². The maximum absolute atomic E-state index is 13.0. The van der Waals surface area contributed by atoms with Crippen LogP contribution >= 0.6 is 27.5 Å². The van der Waals surface area contributed by atoms with Crippen molar-refractivity contribution < 1.29 is 9.18 Å². The Bertz CT molecular complexity index is 648. The zero-order valence-corrected chi connectivity index (χ0v) is 13.0. The highest BCUT2D eigenvalue weighted by Crippen LogP contribution is 2.24. The lowest BCUT2D eigenvalue weighted by atomic mass is 10.1. The van der Waals surface area contributed by atoms with Crippen LogP contribution in [-0.2, 0) is 0 Å². The van der Waals surface area contributed by atoms with Crippen LogP contribution in [0.3, 0.4) is 0 Å². The van der Waals surface area contributed by atoms with Gasteiger partial charge in [0.15, 0.2) is 0 Å². The lowest BCUT2D eigenvalue weighted by Crippen LogP contribution is -2.27. The second-order valence-electron chi connectivity index (χ2n) is 4.34. The van der Waals surface area contributed by atoms with E-state index in [0.717, 1.165) is 16.1 Å². The summed E-state index contributed by atoms with van der Waals surface area (Å²) in [5.41, 5.74) is 1.21. The quantitative estimate of drug-likeness (QED) is 0.846. The van der Waals surface area contributed by atoms with Crippen molar-refractivity contribution in [3.63, 3.8) is 0 Å². The predicted octanol–water partition coefficient (Wildman–Crippen LogP) is 4.73. The molecule has 0 heterocycles. The van der Waals surface area contributed by atoms with Crippen LogP contribution in [-0.4, -0.2) is 5.91 Å². The molecule has 5 heteroatoms. The Kier molecular flexibility index (Phi) is 4.78. The minimum Gasteiger partial charge on any atom is -0.345 e. The summed E-state index contributed by atoms with van der Waals surface area (Å²) in [4.78, 5) is 12.1. The van der Waals surface area contributed by atoms with Gasteiger partial charge in [-0.2, -0.15) is 0 Å². The van der Waals surface area contributed by atoms with E-state index in [1.165, 1.54) is 12.1 Å². The highest BCUT2D eigenvalue weighted by molar-refractivity contribution is 9.10. The summed E-state index contributed by atoms with van der Waals surface area (Å²) in [7, 11) is 0. The molecule has 1 N–H and O–H groups in total. The van der Waals surface area contributed by atoms with Gasteiger partial charge in [0, 0.05) is 4.47 Å². The third kappa shape index (κ3) is 3.38. The second-order valence-corrected chi connectivity index (χ2v) is 5.60. The molecule has 0 aliphatic rings. The summed E-state index contributed by atoms with van der Waals surface area (Å²) >= 11 is 9.32. The van der Waals surface area contributed by atoms with E-state index in [4.69, 9.17) is 11.6 Å². The largest absolute Gasteiger partial charge is 0.345 e. The normalized spacial score (nSPS) is 12.0. The molecular weight excluding hydrogens is 345 g/mol. The highest BCUT2D eigenvalue weighted by Gasteiger charge is 2.15. The Balaban J connectivity index is 2.17. The van der Waals surface area contributed by atoms with Crippen molar-refractivity contribution in [3.8, 4) is 0 Å². The molecular formula is C15H12BrClFNO. The maximum Gasteiger partial charge on any atom is 0.253 e. The molecule has 2 nitrogen and oxygen atoms in total. The Hall–Kier alpha value is -1.39. The molecule has 2 rings (SSSR count). The number of carbonyl (C=O) groups excluding carboxylic acids is 1. The van der Waals surface area contributed by atoms with Crippen molar-refractivity contribution in [1.82, 2.24) is 5.32 Å². The summed E-state index contributed by atoms with van der Waals surface area (Å²) < 4.78 is 13.9. The molecule has 0 bridgehead atoms. The molecule has 104 valence electrons. The summed E-state index contributed by atoms with van der Waals surface area (Å²) in [5, 5.41) is 2.94. The van der Waals surface area contributed by atoms with Crippen molar-refractivity contribution >= 4 is 33.4 Å². The summed E-state index contributed by atoms with van der Waals surface area (Å²) in [5.74, 6) is -0.802. The van der Waals surface area contributed by atoms with Gasteiger partial charge < -0.3 is 5.32 Å². The molecule has 0 aliphatic carbocycles. The zero-order chi connectivity index (χ0) is 14.7. The first kappa shape index (κ1) is 15.0. The predicted molar refractivity (Wildman–Crippen MR) is 81.4 cm³/mol. The first-order valence-electron chi connectivity index (χ1n) is 5.99. The van der Waals surface area contributed by atoms with Crippen molar-refractivity contribution in [2.75, 3.05) is 0 Å². The SMILES string of the molecule is CC(NC(=O)c1ccc(F)cc1Cl)c1ccccc1Br. The second kappa shape index (κ2) is 6.37. The van der Waals surface area contributed by atoms with Gasteiger partial charge in [0.2, 0.25) is 0 Å². The van der Waals surface area contributed by atoms with Gasteiger partial charge in [0.25, 0.3) is 5.91 Å². The molecule has 0 radical (unpaired) electrons. The first-order chi connectivity index (χ1) is 9.49. The third-order valence-corrected chi connectivity index (χ3v) is 3.93.